The topological polar surface area (TPSA) is 70.5 Å². The Morgan fingerprint density at radius 3 is 2.52 bits per heavy atom. The minimum atomic E-state index is -0.902. The molecule has 0 saturated carbocycles. The van der Waals surface area contributed by atoms with Gasteiger partial charge in [0.15, 0.2) is 0 Å². The Hall–Kier alpha value is -2.76. The fourth-order valence-corrected chi connectivity index (χ4v) is 3.35. The number of pyridine rings is 1. The molecule has 0 spiro atoms. The molecular formula is C19H19FN2O3. The summed E-state index contributed by atoms with van der Waals surface area (Å²) in [5.41, 5.74) is 1.68. The first-order valence-corrected chi connectivity index (χ1v) is 8.23. The smallest absolute Gasteiger partial charge is 0.308 e. The summed E-state index contributed by atoms with van der Waals surface area (Å²) in [6.07, 6.45) is 4.30. The van der Waals surface area contributed by atoms with Gasteiger partial charge in [0.1, 0.15) is 5.82 Å². The molecular weight excluding hydrogens is 323 g/mol. The van der Waals surface area contributed by atoms with Crippen LogP contribution in [0.3, 0.4) is 0 Å². The van der Waals surface area contributed by atoms with E-state index in [1.165, 1.54) is 12.1 Å². The van der Waals surface area contributed by atoms with Crippen LogP contribution in [0, 0.1) is 11.7 Å². The second kappa shape index (κ2) is 7.42. The molecule has 2 atom stereocenters. The third kappa shape index (κ3) is 3.84. The molecule has 1 aromatic carbocycles. The summed E-state index contributed by atoms with van der Waals surface area (Å²) in [6, 6.07) is 9.12. The van der Waals surface area contributed by atoms with E-state index in [9.17, 15) is 19.1 Å². The highest BCUT2D eigenvalue weighted by Gasteiger charge is 2.40. The lowest BCUT2D eigenvalue weighted by atomic mass is 9.84. The van der Waals surface area contributed by atoms with E-state index in [4.69, 9.17) is 0 Å². The van der Waals surface area contributed by atoms with Gasteiger partial charge in [-0.3, -0.25) is 14.6 Å². The van der Waals surface area contributed by atoms with Gasteiger partial charge in [-0.1, -0.05) is 12.1 Å². The van der Waals surface area contributed by atoms with Crippen molar-refractivity contribution < 1.29 is 19.1 Å². The number of rotatable bonds is 5. The maximum absolute atomic E-state index is 13.0. The number of carbonyl (C=O) groups excluding carboxylic acids is 1. The lowest BCUT2D eigenvalue weighted by Gasteiger charge is -2.39. The summed E-state index contributed by atoms with van der Waals surface area (Å²) in [5.74, 6) is -1.91. The summed E-state index contributed by atoms with van der Waals surface area (Å²) in [5, 5.41) is 9.59. The molecule has 1 aromatic heterocycles. The van der Waals surface area contributed by atoms with Gasteiger partial charge in [0.05, 0.1) is 12.0 Å². The zero-order valence-corrected chi connectivity index (χ0v) is 13.6. The van der Waals surface area contributed by atoms with Crippen molar-refractivity contribution >= 4 is 11.9 Å². The van der Waals surface area contributed by atoms with Gasteiger partial charge < -0.3 is 10.0 Å². The summed E-state index contributed by atoms with van der Waals surface area (Å²) in [7, 11) is 0. The Morgan fingerprint density at radius 2 is 1.88 bits per heavy atom. The fraction of sp³-hybridized carbons (Fsp3) is 0.316. The van der Waals surface area contributed by atoms with Crippen molar-refractivity contribution in [2.75, 3.05) is 6.54 Å². The molecule has 1 N–H and O–H groups in total. The van der Waals surface area contributed by atoms with Gasteiger partial charge in [-0.15, -0.1) is 0 Å². The normalized spacial score (nSPS) is 20.5. The molecule has 130 valence electrons. The summed E-state index contributed by atoms with van der Waals surface area (Å²) < 4.78 is 13.0. The SMILES string of the molecule is O=C(O)[C@@H]1CCC(=O)N(CCc2ccc(F)cc2)[C@@H]1c1ccncc1. The van der Waals surface area contributed by atoms with Crippen LogP contribution < -0.4 is 0 Å². The molecule has 1 fully saturated rings. The highest BCUT2D eigenvalue weighted by atomic mass is 19.1. The van der Waals surface area contributed by atoms with E-state index in [1.807, 2.05) is 0 Å². The van der Waals surface area contributed by atoms with Crippen LogP contribution in [-0.4, -0.2) is 33.4 Å². The second-order valence-electron chi connectivity index (χ2n) is 6.17. The minimum Gasteiger partial charge on any atom is -0.481 e. The number of amides is 1. The van der Waals surface area contributed by atoms with Crippen molar-refractivity contribution in [3.05, 3.63) is 65.7 Å². The molecule has 0 unspecified atom stereocenters. The Bertz CT molecular complexity index is 749. The number of piperidine rings is 1. The van der Waals surface area contributed by atoms with Crippen LogP contribution in [0.2, 0.25) is 0 Å². The highest BCUT2D eigenvalue weighted by Crippen LogP contribution is 2.36. The Balaban J connectivity index is 1.85. The molecule has 6 heteroatoms. The van der Waals surface area contributed by atoms with E-state index in [-0.39, 0.29) is 18.1 Å². The molecule has 0 aliphatic carbocycles. The minimum absolute atomic E-state index is 0.0542. The van der Waals surface area contributed by atoms with Crippen molar-refractivity contribution in [3.63, 3.8) is 0 Å². The number of carbonyl (C=O) groups is 2. The number of nitrogens with zero attached hydrogens (tertiary/aromatic N) is 2. The molecule has 2 heterocycles. The Labute approximate surface area is 145 Å². The molecule has 0 radical (unpaired) electrons. The number of hydrogen-bond acceptors (Lipinski definition) is 3. The molecule has 1 aliphatic heterocycles. The van der Waals surface area contributed by atoms with E-state index < -0.39 is 17.9 Å². The first-order chi connectivity index (χ1) is 12.1. The molecule has 5 nitrogen and oxygen atoms in total. The van der Waals surface area contributed by atoms with E-state index in [0.29, 0.717) is 19.4 Å². The average Bonchev–Trinajstić information content (AvgIpc) is 2.62. The Kier molecular flexibility index (Phi) is 5.07. The van der Waals surface area contributed by atoms with Crippen molar-refractivity contribution in [1.29, 1.82) is 0 Å². The summed E-state index contributed by atoms with van der Waals surface area (Å²) in [6.45, 7) is 0.390. The number of aliphatic carboxylic acids is 1. The first kappa shape index (κ1) is 17.1. The quantitative estimate of drug-likeness (QED) is 0.907. The molecule has 25 heavy (non-hydrogen) atoms. The Morgan fingerprint density at radius 1 is 1.20 bits per heavy atom. The maximum atomic E-state index is 13.0. The average molecular weight is 342 g/mol. The number of likely N-dealkylation sites (tertiary alicyclic amines) is 1. The number of hydrogen-bond donors (Lipinski definition) is 1. The standard InChI is InChI=1S/C19H19FN2O3/c20-15-3-1-13(2-4-15)9-12-22-17(23)6-5-16(19(24)25)18(22)14-7-10-21-11-8-14/h1-4,7-8,10-11,16,18H,5-6,9,12H2,(H,24,25)/t16-,18-/m1/s1. The van der Waals surface area contributed by atoms with Crippen LogP contribution in [0.25, 0.3) is 0 Å². The van der Waals surface area contributed by atoms with E-state index in [0.717, 1.165) is 11.1 Å². The number of halogens is 1. The summed E-state index contributed by atoms with van der Waals surface area (Å²) >= 11 is 0. The van der Waals surface area contributed by atoms with Gasteiger partial charge in [0.25, 0.3) is 0 Å². The van der Waals surface area contributed by atoms with Gasteiger partial charge in [-0.2, -0.15) is 0 Å². The van der Waals surface area contributed by atoms with Crippen LogP contribution in [0.4, 0.5) is 4.39 Å². The van der Waals surface area contributed by atoms with Gasteiger partial charge >= 0.3 is 5.97 Å². The van der Waals surface area contributed by atoms with Crippen molar-refractivity contribution in [2.45, 2.75) is 25.3 Å². The number of carboxylic acid groups (broad SMARTS) is 1. The third-order valence-corrected chi connectivity index (χ3v) is 4.63. The molecule has 2 aromatic rings. The van der Waals surface area contributed by atoms with E-state index in [2.05, 4.69) is 4.98 Å². The lowest BCUT2D eigenvalue weighted by Crippen LogP contribution is -2.46. The molecule has 1 amide bonds. The maximum Gasteiger partial charge on any atom is 0.308 e. The second-order valence-corrected chi connectivity index (χ2v) is 6.17. The van der Waals surface area contributed by atoms with Crippen LogP contribution in [0.15, 0.2) is 48.8 Å². The van der Waals surface area contributed by atoms with Crippen LogP contribution in [0.1, 0.15) is 30.0 Å². The predicted octanol–water partition coefficient (Wildman–Crippen LogP) is 2.83. The third-order valence-electron chi connectivity index (χ3n) is 4.63. The van der Waals surface area contributed by atoms with Crippen LogP contribution in [-0.2, 0) is 16.0 Å². The van der Waals surface area contributed by atoms with Gasteiger partial charge in [-0.05, 0) is 48.2 Å². The first-order valence-electron chi connectivity index (χ1n) is 8.23. The van der Waals surface area contributed by atoms with Gasteiger partial charge in [0.2, 0.25) is 5.91 Å². The van der Waals surface area contributed by atoms with Crippen LogP contribution >= 0.6 is 0 Å². The van der Waals surface area contributed by atoms with E-state index >= 15 is 0 Å². The fourth-order valence-electron chi connectivity index (χ4n) is 3.35. The lowest BCUT2D eigenvalue weighted by molar-refractivity contribution is -0.152. The van der Waals surface area contributed by atoms with Crippen LogP contribution in [0.5, 0.6) is 0 Å². The number of carboxylic acids is 1. The number of benzene rings is 1. The monoisotopic (exact) mass is 342 g/mol. The number of aromatic nitrogens is 1. The summed E-state index contributed by atoms with van der Waals surface area (Å²) in [4.78, 5) is 29.8. The molecule has 1 aliphatic rings. The molecule has 3 rings (SSSR count). The zero-order chi connectivity index (χ0) is 17.8. The van der Waals surface area contributed by atoms with Crippen molar-refractivity contribution in [1.82, 2.24) is 9.88 Å². The predicted molar refractivity (Wildman–Crippen MR) is 89.2 cm³/mol. The van der Waals surface area contributed by atoms with Gasteiger partial charge in [-0.25, -0.2) is 4.39 Å². The molecule has 0 bridgehead atoms. The van der Waals surface area contributed by atoms with Crippen molar-refractivity contribution in [2.24, 2.45) is 5.92 Å². The van der Waals surface area contributed by atoms with Gasteiger partial charge in [0, 0.05) is 25.4 Å². The molecule has 1 saturated heterocycles. The van der Waals surface area contributed by atoms with Crippen molar-refractivity contribution in [3.8, 4) is 0 Å². The van der Waals surface area contributed by atoms with E-state index in [1.54, 1.807) is 41.6 Å². The highest BCUT2D eigenvalue weighted by molar-refractivity contribution is 5.81. The zero-order valence-electron chi connectivity index (χ0n) is 13.6. The largest absolute Gasteiger partial charge is 0.481 e.